The highest BCUT2D eigenvalue weighted by Gasteiger charge is 2.37. The summed E-state index contributed by atoms with van der Waals surface area (Å²) in [5, 5.41) is 2.78. The second kappa shape index (κ2) is 7.46. The summed E-state index contributed by atoms with van der Waals surface area (Å²) in [5.74, 6) is 0.568. The highest BCUT2D eigenvalue weighted by Crippen LogP contribution is 2.39. The lowest BCUT2D eigenvalue weighted by Gasteiger charge is -2.44. The van der Waals surface area contributed by atoms with Crippen molar-refractivity contribution in [1.29, 1.82) is 0 Å². The van der Waals surface area contributed by atoms with Gasteiger partial charge in [0.1, 0.15) is 0 Å². The van der Waals surface area contributed by atoms with E-state index in [4.69, 9.17) is 4.99 Å². The molecular formula is C29H30N4. The molecule has 2 atom stereocenters. The molecule has 1 fully saturated rings. The zero-order chi connectivity index (χ0) is 21.9. The maximum Gasteiger partial charge on any atom is 0.0638 e. The van der Waals surface area contributed by atoms with E-state index < -0.39 is 0 Å². The van der Waals surface area contributed by atoms with Crippen LogP contribution in [-0.2, 0) is 19.4 Å². The van der Waals surface area contributed by atoms with Crippen LogP contribution in [0.2, 0.25) is 0 Å². The van der Waals surface area contributed by atoms with E-state index in [2.05, 4.69) is 76.4 Å². The van der Waals surface area contributed by atoms with Gasteiger partial charge in [0.05, 0.1) is 11.4 Å². The standard InChI is InChI=1S/C29H30N4/c1-2-18-16-33-17-24-22-8-4-5-9-25(22)31-27(24)15-20(33)13-19(18)14-28-29-23(11-12-30-28)21-7-3-6-10-26(21)32-29/h2-10,19-20,31-32H,11-17H2,1H3/b18-2-/t19-,20+/m1/s1. The summed E-state index contributed by atoms with van der Waals surface area (Å²) in [5.41, 5.74) is 11.1. The normalized spacial score (nSPS) is 24.0. The van der Waals surface area contributed by atoms with E-state index in [-0.39, 0.29) is 0 Å². The molecule has 0 bridgehead atoms. The van der Waals surface area contributed by atoms with Crippen LogP contribution in [-0.4, -0.2) is 39.7 Å². The van der Waals surface area contributed by atoms with Crippen molar-refractivity contribution in [3.8, 4) is 0 Å². The van der Waals surface area contributed by atoms with Crippen molar-refractivity contribution in [3.63, 3.8) is 0 Å². The molecule has 33 heavy (non-hydrogen) atoms. The van der Waals surface area contributed by atoms with E-state index in [1.807, 2.05) is 0 Å². The number of hydrogen-bond donors (Lipinski definition) is 2. The van der Waals surface area contributed by atoms with Crippen LogP contribution in [0, 0.1) is 5.92 Å². The van der Waals surface area contributed by atoms with E-state index in [0.29, 0.717) is 12.0 Å². The number of rotatable bonds is 2. The van der Waals surface area contributed by atoms with Gasteiger partial charge < -0.3 is 9.97 Å². The summed E-state index contributed by atoms with van der Waals surface area (Å²) in [6.45, 7) is 5.27. The van der Waals surface area contributed by atoms with Crippen LogP contribution in [0.15, 0.2) is 65.2 Å². The smallest absolute Gasteiger partial charge is 0.0638 e. The van der Waals surface area contributed by atoms with Crippen LogP contribution in [0.25, 0.3) is 21.8 Å². The van der Waals surface area contributed by atoms with Gasteiger partial charge >= 0.3 is 0 Å². The Kier molecular flexibility index (Phi) is 4.38. The maximum absolute atomic E-state index is 5.04. The molecule has 0 saturated carbocycles. The molecule has 2 N–H and O–H groups in total. The average Bonchev–Trinajstić information content (AvgIpc) is 3.41. The Bertz CT molecular complexity index is 1430. The quantitative estimate of drug-likeness (QED) is 0.386. The number of hydrogen-bond acceptors (Lipinski definition) is 2. The molecule has 0 unspecified atom stereocenters. The third kappa shape index (κ3) is 3.04. The minimum Gasteiger partial charge on any atom is -0.358 e. The summed E-state index contributed by atoms with van der Waals surface area (Å²) in [7, 11) is 0. The predicted octanol–water partition coefficient (Wildman–Crippen LogP) is 5.78. The number of nitrogens with zero attached hydrogens (tertiary/aromatic N) is 2. The Morgan fingerprint density at radius 2 is 1.73 bits per heavy atom. The first-order chi connectivity index (χ1) is 16.3. The lowest BCUT2D eigenvalue weighted by Crippen LogP contribution is -2.47. The van der Waals surface area contributed by atoms with Crippen molar-refractivity contribution in [1.82, 2.24) is 14.9 Å². The summed E-state index contributed by atoms with van der Waals surface area (Å²) >= 11 is 0. The molecule has 2 aromatic carbocycles. The number of aromatic nitrogens is 2. The third-order valence-corrected chi connectivity index (χ3v) is 8.26. The largest absolute Gasteiger partial charge is 0.358 e. The van der Waals surface area contributed by atoms with Gasteiger partial charge in [0, 0.05) is 59.6 Å². The predicted molar refractivity (Wildman–Crippen MR) is 136 cm³/mol. The molecule has 2 aromatic heterocycles. The van der Waals surface area contributed by atoms with Gasteiger partial charge in [-0.25, -0.2) is 0 Å². The molecule has 0 aliphatic carbocycles. The highest BCUT2D eigenvalue weighted by molar-refractivity contribution is 6.06. The number of benzene rings is 2. The Morgan fingerprint density at radius 3 is 2.55 bits per heavy atom. The van der Waals surface area contributed by atoms with Gasteiger partial charge in [-0.1, -0.05) is 48.0 Å². The Morgan fingerprint density at radius 1 is 0.970 bits per heavy atom. The lowest BCUT2D eigenvalue weighted by molar-refractivity contribution is 0.131. The second-order valence-corrected chi connectivity index (χ2v) is 9.99. The minimum absolute atomic E-state index is 0.568. The summed E-state index contributed by atoms with van der Waals surface area (Å²) < 4.78 is 0. The van der Waals surface area contributed by atoms with Gasteiger partial charge in [-0.2, -0.15) is 0 Å². The molecule has 0 radical (unpaired) electrons. The summed E-state index contributed by atoms with van der Waals surface area (Å²) in [6, 6.07) is 18.1. The monoisotopic (exact) mass is 434 g/mol. The number of fused-ring (bicyclic) bond motifs is 7. The van der Waals surface area contributed by atoms with Gasteiger partial charge in [-0.05, 0) is 55.4 Å². The van der Waals surface area contributed by atoms with Crippen LogP contribution in [0.4, 0.5) is 0 Å². The van der Waals surface area contributed by atoms with Crippen molar-refractivity contribution < 1.29 is 0 Å². The Hall–Kier alpha value is -3.11. The fraction of sp³-hybridized carbons (Fsp3) is 0.345. The zero-order valence-electron chi connectivity index (χ0n) is 19.2. The molecule has 4 heteroatoms. The molecule has 4 aromatic rings. The lowest BCUT2D eigenvalue weighted by atomic mass is 9.78. The molecule has 0 spiro atoms. The van der Waals surface area contributed by atoms with Crippen LogP contribution >= 0.6 is 0 Å². The van der Waals surface area contributed by atoms with Crippen LogP contribution in [0.1, 0.15) is 42.3 Å². The molecule has 5 heterocycles. The zero-order valence-corrected chi connectivity index (χ0v) is 19.2. The summed E-state index contributed by atoms with van der Waals surface area (Å²) in [6.07, 6.45) is 6.80. The van der Waals surface area contributed by atoms with Gasteiger partial charge in [-0.15, -0.1) is 0 Å². The Labute approximate surface area is 194 Å². The molecular weight excluding hydrogens is 404 g/mol. The van der Waals surface area contributed by atoms with E-state index in [9.17, 15) is 0 Å². The first-order valence-corrected chi connectivity index (χ1v) is 12.4. The molecule has 0 amide bonds. The molecule has 1 saturated heterocycles. The molecule has 3 aliphatic heterocycles. The van der Waals surface area contributed by atoms with Gasteiger partial charge in [0.2, 0.25) is 0 Å². The Balaban J connectivity index is 1.18. The fourth-order valence-corrected chi connectivity index (χ4v) is 6.60. The van der Waals surface area contributed by atoms with Gasteiger partial charge in [0.25, 0.3) is 0 Å². The number of allylic oxidation sites excluding steroid dienone is 1. The van der Waals surface area contributed by atoms with Crippen LogP contribution in [0.3, 0.4) is 0 Å². The van der Waals surface area contributed by atoms with Gasteiger partial charge in [0.15, 0.2) is 0 Å². The van der Waals surface area contributed by atoms with E-state index in [0.717, 1.165) is 38.9 Å². The number of piperidine rings is 1. The van der Waals surface area contributed by atoms with Crippen LogP contribution < -0.4 is 0 Å². The van der Waals surface area contributed by atoms with Crippen molar-refractivity contribution >= 4 is 27.5 Å². The average molecular weight is 435 g/mol. The molecule has 3 aliphatic rings. The number of H-pyrrole nitrogens is 2. The van der Waals surface area contributed by atoms with Crippen molar-refractivity contribution in [2.75, 3.05) is 13.1 Å². The van der Waals surface area contributed by atoms with Crippen molar-refractivity contribution in [3.05, 3.63) is 82.7 Å². The minimum atomic E-state index is 0.568. The summed E-state index contributed by atoms with van der Waals surface area (Å²) in [4.78, 5) is 15.2. The van der Waals surface area contributed by atoms with E-state index in [1.54, 1.807) is 5.57 Å². The second-order valence-electron chi connectivity index (χ2n) is 9.99. The number of aromatic amines is 2. The van der Waals surface area contributed by atoms with E-state index in [1.165, 1.54) is 56.5 Å². The number of aliphatic imine (C=N–C) groups is 1. The fourth-order valence-electron chi connectivity index (χ4n) is 6.60. The first kappa shape index (κ1) is 19.4. The van der Waals surface area contributed by atoms with Gasteiger partial charge in [-0.3, -0.25) is 9.89 Å². The maximum atomic E-state index is 5.04. The molecule has 166 valence electrons. The topological polar surface area (TPSA) is 47.2 Å². The van der Waals surface area contributed by atoms with Crippen LogP contribution in [0.5, 0.6) is 0 Å². The third-order valence-electron chi connectivity index (χ3n) is 8.26. The highest BCUT2D eigenvalue weighted by atomic mass is 15.2. The molecule has 7 rings (SSSR count). The molecule has 4 nitrogen and oxygen atoms in total. The first-order valence-electron chi connectivity index (χ1n) is 12.4. The SMILES string of the molecule is C/C=C1/CN2Cc3c([nH]c4ccccc34)C[C@@H]2C[C@@H]1CC1=NCCc2c1[nH]c1ccccc21. The van der Waals surface area contributed by atoms with E-state index >= 15 is 0 Å². The van der Waals surface area contributed by atoms with Crippen molar-refractivity contribution in [2.45, 2.75) is 45.2 Å². The van der Waals surface area contributed by atoms with Crippen molar-refractivity contribution in [2.24, 2.45) is 10.9 Å². The number of nitrogens with one attached hydrogen (secondary N) is 2. The number of para-hydroxylation sites is 2.